The second kappa shape index (κ2) is 6.31. The number of hydrogen-bond acceptors (Lipinski definition) is 3. The van der Waals surface area contributed by atoms with Crippen LogP contribution in [0.4, 0.5) is 0 Å². The minimum Gasteiger partial charge on any atom is -0.412 e. The zero-order chi connectivity index (χ0) is 9.78. The highest BCUT2D eigenvalue weighted by atomic mass is 32.2. The van der Waals surface area contributed by atoms with Crippen molar-refractivity contribution in [2.75, 3.05) is 19.6 Å². The quantitative estimate of drug-likeness (QED) is 0.639. The van der Waals surface area contributed by atoms with E-state index in [2.05, 4.69) is 0 Å². The second-order valence-electron chi connectivity index (χ2n) is 2.81. The molecule has 0 aliphatic heterocycles. The maximum atomic E-state index is 10.6. The second-order valence-corrected chi connectivity index (χ2v) is 4.65. The summed E-state index contributed by atoms with van der Waals surface area (Å²) in [7, 11) is -3.86. The maximum Gasteiger partial charge on any atom is 0.268 e. The summed E-state index contributed by atoms with van der Waals surface area (Å²) in [6.45, 7) is 7.42. The molecule has 0 saturated heterocycles. The zero-order valence-corrected chi connectivity index (χ0v) is 9.13. The zero-order valence-electron chi connectivity index (χ0n) is 8.32. The highest BCUT2D eigenvalue weighted by molar-refractivity contribution is 7.86. The van der Waals surface area contributed by atoms with Crippen molar-refractivity contribution in [1.82, 2.24) is 4.90 Å². The van der Waals surface area contributed by atoms with E-state index in [1.165, 1.54) is 6.92 Å². The molecule has 6 heteroatoms. The first-order chi connectivity index (χ1) is 5.41. The van der Waals surface area contributed by atoms with Crippen LogP contribution in [-0.4, -0.2) is 48.2 Å². The molecule has 0 saturated carbocycles. The molecule has 0 aromatic carbocycles. The molecule has 0 spiro atoms. The Labute approximate surface area is 79.8 Å². The van der Waals surface area contributed by atoms with Crippen LogP contribution in [0.15, 0.2) is 0 Å². The average molecular weight is 213 g/mol. The van der Waals surface area contributed by atoms with E-state index < -0.39 is 15.4 Å². The number of nitrogens with zero attached hydrogens (tertiary/aromatic N) is 1. The van der Waals surface area contributed by atoms with E-state index in [1.54, 1.807) is 0 Å². The third kappa shape index (κ3) is 5.98. The van der Waals surface area contributed by atoms with Crippen LogP contribution < -0.4 is 0 Å². The molecular weight excluding hydrogens is 194 g/mol. The van der Waals surface area contributed by atoms with E-state index in [4.69, 9.17) is 4.55 Å². The number of hydrogen-bond donors (Lipinski definition) is 1. The van der Waals surface area contributed by atoms with Crippen molar-refractivity contribution in [3.05, 3.63) is 0 Å². The lowest BCUT2D eigenvalue weighted by molar-refractivity contribution is 0.300. The molecule has 0 rings (SSSR count). The molecule has 5 nitrogen and oxygen atoms in total. The predicted octanol–water partition coefficient (Wildman–Crippen LogP) is -0.220. The fourth-order valence-electron chi connectivity index (χ4n) is 0.940. The van der Waals surface area contributed by atoms with Gasteiger partial charge in [-0.05, 0) is 20.0 Å². The van der Waals surface area contributed by atoms with Gasteiger partial charge in [-0.3, -0.25) is 4.55 Å². The van der Waals surface area contributed by atoms with E-state index in [-0.39, 0.29) is 5.48 Å². The van der Waals surface area contributed by atoms with Gasteiger partial charge in [-0.1, -0.05) is 13.8 Å². The van der Waals surface area contributed by atoms with Gasteiger partial charge in [0.05, 0.1) is 5.25 Å². The highest BCUT2D eigenvalue weighted by Gasteiger charge is 2.18. The Morgan fingerprint density at radius 2 is 1.69 bits per heavy atom. The largest absolute Gasteiger partial charge is 0.412 e. The third-order valence-electron chi connectivity index (χ3n) is 1.92. The standard InChI is InChI=1S/C7H17NO3S.H2O/c1-4-8(5-2)6-7(3)12(9,10)11;/h7H,4-6H2,1-3H3,(H,9,10,11);1H2. The molecule has 0 bridgehead atoms. The monoisotopic (exact) mass is 213 g/mol. The van der Waals surface area contributed by atoms with Gasteiger partial charge >= 0.3 is 0 Å². The van der Waals surface area contributed by atoms with Gasteiger partial charge in [0.1, 0.15) is 0 Å². The van der Waals surface area contributed by atoms with Crippen molar-refractivity contribution < 1.29 is 18.4 Å². The lowest BCUT2D eigenvalue weighted by Crippen LogP contribution is -2.34. The summed E-state index contributed by atoms with van der Waals surface area (Å²) in [6.07, 6.45) is 0. The summed E-state index contributed by atoms with van der Waals surface area (Å²) in [6, 6.07) is 0. The van der Waals surface area contributed by atoms with Crippen LogP contribution in [-0.2, 0) is 10.1 Å². The molecule has 0 fully saturated rings. The Hall–Kier alpha value is -0.170. The molecule has 0 aliphatic carbocycles. The van der Waals surface area contributed by atoms with Gasteiger partial charge < -0.3 is 10.4 Å². The predicted molar refractivity (Wildman–Crippen MR) is 52.4 cm³/mol. The van der Waals surface area contributed by atoms with Crippen LogP contribution in [0.25, 0.3) is 0 Å². The minimum atomic E-state index is -3.86. The van der Waals surface area contributed by atoms with E-state index >= 15 is 0 Å². The highest BCUT2D eigenvalue weighted by Crippen LogP contribution is 2.00. The summed E-state index contributed by atoms with van der Waals surface area (Å²) < 4.78 is 29.9. The van der Waals surface area contributed by atoms with E-state index in [0.29, 0.717) is 6.54 Å². The molecule has 1 atom stereocenters. The summed E-state index contributed by atoms with van der Waals surface area (Å²) >= 11 is 0. The Morgan fingerprint density at radius 3 is 1.92 bits per heavy atom. The summed E-state index contributed by atoms with van der Waals surface area (Å²) in [5, 5.41) is -0.697. The topological polar surface area (TPSA) is 89.1 Å². The summed E-state index contributed by atoms with van der Waals surface area (Å²) in [5.74, 6) is 0. The fourth-order valence-corrected chi connectivity index (χ4v) is 1.34. The van der Waals surface area contributed by atoms with Crippen molar-refractivity contribution in [3.63, 3.8) is 0 Å². The first kappa shape index (κ1) is 15.3. The normalized spacial score (nSPS) is 13.9. The van der Waals surface area contributed by atoms with Crippen molar-refractivity contribution in [1.29, 1.82) is 0 Å². The Morgan fingerprint density at radius 1 is 1.31 bits per heavy atom. The van der Waals surface area contributed by atoms with Gasteiger partial charge in [0.2, 0.25) is 0 Å². The Kier molecular flexibility index (Phi) is 7.43. The van der Waals surface area contributed by atoms with Crippen LogP contribution in [0.5, 0.6) is 0 Å². The van der Waals surface area contributed by atoms with Gasteiger partial charge in [-0.2, -0.15) is 8.42 Å². The van der Waals surface area contributed by atoms with E-state index in [1.807, 2.05) is 18.7 Å². The molecule has 0 aromatic rings. The SMILES string of the molecule is CCN(CC)CC(C)S(=O)(=O)O.O. The van der Waals surface area contributed by atoms with Crippen LogP contribution >= 0.6 is 0 Å². The van der Waals surface area contributed by atoms with Crippen molar-refractivity contribution >= 4 is 10.1 Å². The molecule has 0 radical (unpaired) electrons. The fraction of sp³-hybridized carbons (Fsp3) is 1.00. The molecule has 1 unspecified atom stereocenters. The average Bonchev–Trinajstić information content (AvgIpc) is 1.97. The van der Waals surface area contributed by atoms with E-state index in [9.17, 15) is 8.42 Å². The first-order valence-corrected chi connectivity index (χ1v) is 5.60. The van der Waals surface area contributed by atoms with Crippen molar-refractivity contribution in [2.45, 2.75) is 26.0 Å². The van der Waals surface area contributed by atoms with Gasteiger partial charge in [-0.25, -0.2) is 0 Å². The third-order valence-corrected chi connectivity index (χ3v) is 3.08. The lowest BCUT2D eigenvalue weighted by atomic mass is 10.4. The van der Waals surface area contributed by atoms with Crippen LogP contribution in [0.3, 0.4) is 0 Å². The molecule has 13 heavy (non-hydrogen) atoms. The lowest BCUT2D eigenvalue weighted by Gasteiger charge is -2.20. The van der Waals surface area contributed by atoms with Crippen LogP contribution in [0.1, 0.15) is 20.8 Å². The number of rotatable bonds is 5. The Bertz CT molecular complexity index is 211. The van der Waals surface area contributed by atoms with Gasteiger partial charge in [0.25, 0.3) is 10.1 Å². The molecule has 3 N–H and O–H groups in total. The van der Waals surface area contributed by atoms with Gasteiger partial charge in [0, 0.05) is 6.54 Å². The molecule has 0 aromatic heterocycles. The smallest absolute Gasteiger partial charge is 0.268 e. The van der Waals surface area contributed by atoms with E-state index in [0.717, 1.165) is 13.1 Å². The molecule has 0 aliphatic rings. The summed E-state index contributed by atoms with van der Waals surface area (Å²) in [4.78, 5) is 1.96. The maximum absolute atomic E-state index is 10.6. The molecule has 0 heterocycles. The van der Waals surface area contributed by atoms with Crippen molar-refractivity contribution in [3.8, 4) is 0 Å². The molecule has 82 valence electrons. The molecule has 0 amide bonds. The van der Waals surface area contributed by atoms with Crippen LogP contribution in [0, 0.1) is 0 Å². The van der Waals surface area contributed by atoms with Gasteiger partial charge in [0.15, 0.2) is 0 Å². The Balaban J connectivity index is 0. The van der Waals surface area contributed by atoms with Gasteiger partial charge in [-0.15, -0.1) is 0 Å². The minimum absolute atomic E-state index is 0. The van der Waals surface area contributed by atoms with Crippen LogP contribution in [0.2, 0.25) is 0 Å². The molecular formula is C7H19NO4S. The van der Waals surface area contributed by atoms with Crippen molar-refractivity contribution in [2.24, 2.45) is 0 Å². The first-order valence-electron chi connectivity index (χ1n) is 4.10. The summed E-state index contributed by atoms with van der Waals surface area (Å²) in [5.41, 5.74) is 0.